The number of hydrogen-bond donors (Lipinski definition) is 1. The van der Waals surface area contributed by atoms with Crippen LogP contribution < -0.4 is 10.1 Å². The second-order valence-corrected chi connectivity index (χ2v) is 10.0. The Bertz CT molecular complexity index is 1390. The van der Waals surface area contributed by atoms with Crippen molar-refractivity contribution in [2.24, 2.45) is 0 Å². The molecule has 36 heavy (non-hydrogen) atoms. The van der Waals surface area contributed by atoms with Gasteiger partial charge in [0.05, 0.1) is 0 Å². The Morgan fingerprint density at radius 2 is 1.75 bits per heavy atom. The first kappa shape index (κ1) is 24.1. The summed E-state index contributed by atoms with van der Waals surface area (Å²) >= 11 is 0. The Hall–Kier alpha value is -3.63. The molecule has 1 N–H and O–H groups in total. The van der Waals surface area contributed by atoms with E-state index < -0.39 is 0 Å². The largest absolute Gasteiger partial charge is 0.489 e. The van der Waals surface area contributed by atoms with E-state index in [4.69, 9.17) is 4.74 Å². The molecule has 4 heteroatoms. The third kappa shape index (κ3) is 4.74. The molecule has 1 aliphatic rings. The topological polar surface area (TPSA) is 41.6 Å². The SMILES string of the molecule is Cc1ccc([C@@H]2C[C@H](CN[C@H](C)c3cccc4ccccc34)Oc3ccccc32)cc1C(=O)N(C)C. The molecule has 0 aromatic heterocycles. The van der Waals surface area contributed by atoms with E-state index in [-0.39, 0.29) is 24.0 Å². The Morgan fingerprint density at radius 1 is 1.00 bits per heavy atom. The number of ether oxygens (including phenoxy) is 1. The number of amides is 1. The van der Waals surface area contributed by atoms with Gasteiger partial charge in [0, 0.05) is 43.7 Å². The molecule has 1 heterocycles. The van der Waals surface area contributed by atoms with Crippen molar-refractivity contribution >= 4 is 16.7 Å². The molecule has 3 atom stereocenters. The standard InChI is InChI=1S/C32H34N2O2/c1-21-16-17-24(18-29(21)32(35)34(3)4)30-19-25(36-31-15-8-7-13-28(30)31)20-33-22(2)26-14-9-11-23-10-5-6-12-27(23)26/h5-18,22,25,30,33H,19-20H2,1-4H3/t22-,25-,30+/m1/s1. The third-order valence-electron chi connectivity index (χ3n) is 7.33. The lowest BCUT2D eigenvalue weighted by atomic mass is 9.83. The van der Waals surface area contributed by atoms with Crippen molar-refractivity contribution in [3.05, 3.63) is 113 Å². The highest BCUT2D eigenvalue weighted by molar-refractivity contribution is 5.95. The highest BCUT2D eigenvalue weighted by atomic mass is 16.5. The first-order valence-electron chi connectivity index (χ1n) is 12.7. The molecule has 4 aromatic rings. The predicted octanol–water partition coefficient (Wildman–Crippen LogP) is 6.48. The van der Waals surface area contributed by atoms with Crippen LogP contribution in [-0.4, -0.2) is 37.6 Å². The number of nitrogens with zero attached hydrogens (tertiary/aromatic N) is 1. The van der Waals surface area contributed by atoms with Crippen molar-refractivity contribution in [1.29, 1.82) is 0 Å². The molecular formula is C32H34N2O2. The molecule has 0 bridgehead atoms. The zero-order chi connectivity index (χ0) is 25.2. The Balaban J connectivity index is 1.39. The van der Waals surface area contributed by atoms with Gasteiger partial charge in [0.2, 0.25) is 0 Å². The number of para-hydroxylation sites is 1. The number of aryl methyl sites for hydroxylation is 1. The number of nitrogens with one attached hydrogen (secondary N) is 1. The average molecular weight is 479 g/mol. The molecule has 0 spiro atoms. The minimum atomic E-state index is 0.0247. The summed E-state index contributed by atoms with van der Waals surface area (Å²) in [7, 11) is 3.61. The quantitative estimate of drug-likeness (QED) is 0.345. The van der Waals surface area contributed by atoms with E-state index in [2.05, 4.69) is 91.1 Å². The molecule has 1 aliphatic heterocycles. The van der Waals surface area contributed by atoms with E-state index >= 15 is 0 Å². The van der Waals surface area contributed by atoms with Gasteiger partial charge < -0.3 is 15.0 Å². The molecule has 4 nitrogen and oxygen atoms in total. The van der Waals surface area contributed by atoms with Gasteiger partial charge in [-0.15, -0.1) is 0 Å². The molecule has 1 amide bonds. The second kappa shape index (κ2) is 10.2. The van der Waals surface area contributed by atoms with Crippen LogP contribution in [0.25, 0.3) is 10.8 Å². The molecule has 0 unspecified atom stereocenters. The number of benzene rings is 4. The summed E-state index contributed by atoms with van der Waals surface area (Å²) < 4.78 is 6.46. The maximum atomic E-state index is 12.8. The van der Waals surface area contributed by atoms with Gasteiger partial charge in [0.15, 0.2) is 0 Å². The molecule has 0 radical (unpaired) electrons. The van der Waals surface area contributed by atoms with Crippen LogP contribution in [0.4, 0.5) is 0 Å². The summed E-state index contributed by atoms with van der Waals surface area (Å²) in [4.78, 5) is 14.5. The minimum absolute atomic E-state index is 0.0247. The van der Waals surface area contributed by atoms with E-state index in [0.717, 1.165) is 35.4 Å². The van der Waals surface area contributed by atoms with Crippen LogP contribution in [0.3, 0.4) is 0 Å². The lowest BCUT2D eigenvalue weighted by Crippen LogP contribution is -2.37. The van der Waals surface area contributed by atoms with Gasteiger partial charge in [0.25, 0.3) is 5.91 Å². The number of rotatable bonds is 6. The Labute approximate surface area is 213 Å². The summed E-state index contributed by atoms with van der Waals surface area (Å²) in [5, 5.41) is 6.27. The van der Waals surface area contributed by atoms with Crippen LogP contribution in [0.15, 0.2) is 84.9 Å². The van der Waals surface area contributed by atoms with Crippen LogP contribution >= 0.6 is 0 Å². The fraction of sp³-hybridized carbons (Fsp3) is 0.281. The highest BCUT2D eigenvalue weighted by Crippen LogP contribution is 2.41. The first-order chi connectivity index (χ1) is 17.4. The van der Waals surface area contributed by atoms with Gasteiger partial charge in [-0.05, 0) is 59.9 Å². The molecule has 0 aliphatic carbocycles. The summed E-state index contributed by atoms with van der Waals surface area (Å²) in [6, 6.07) is 29.8. The fourth-order valence-electron chi connectivity index (χ4n) is 5.31. The van der Waals surface area contributed by atoms with Gasteiger partial charge in [-0.25, -0.2) is 0 Å². The van der Waals surface area contributed by atoms with E-state index in [1.807, 2.05) is 13.0 Å². The van der Waals surface area contributed by atoms with Gasteiger partial charge >= 0.3 is 0 Å². The first-order valence-corrected chi connectivity index (χ1v) is 12.7. The molecule has 184 valence electrons. The lowest BCUT2D eigenvalue weighted by molar-refractivity contribution is 0.0826. The zero-order valence-corrected chi connectivity index (χ0v) is 21.5. The van der Waals surface area contributed by atoms with Crippen molar-refractivity contribution in [2.75, 3.05) is 20.6 Å². The molecule has 5 rings (SSSR count). The van der Waals surface area contributed by atoms with Gasteiger partial charge in [-0.3, -0.25) is 4.79 Å². The number of hydrogen-bond acceptors (Lipinski definition) is 3. The van der Waals surface area contributed by atoms with Crippen molar-refractivity contribution in [3.63, 3.8) is 0 Å². The van der Waals surface area contributed by atoms with E-state index in [1.54, 1.807) is 19.0 Å². The zero-order valence-electron chi connectivity index (χ0n) is 21.5. The Kier molecular flexibility index (Phi) is 6.80. The highest BCUT2D eigenvalue weighted by Gasteiger charge is 2.30. The normalized spacial score (nSPS) is 17.8. The summed E-state index contributed by atoms with van der Waals surface area (Å²) in [5.41, 5.74) is 5.41. The van der Waals surface area contributed by atoms with E-state index in [0.29, 0.717) is 0 Å². The van der Waals surface area contributed by atoms with Crippen LogP contribution in [-0.2, 0) is 0 Å². The van der Waals surface area contributed by atoms with Crippen molar-refractivity contribution in [3.8, 4) is 5.75 Å². The van der Waals surface area contributed by atoms with Crippen LogP contribution in [0, 0.1) is 6.92 Å². The van der Waals surface area contributed by atoms with Crippen LogP contribution in [0.5, 0.6) is 5.75 Å². The summed E-state index contributed by atoms with van der Waals surface area (Å²) in [6.07, 6.45) is 0.877. The molecule has 0 saturated heterocycles. The van der Waals surface area contributed by atoms with Gasteiger partial charge in [0.1, 0.15) is 11.9 Å². The molecule has 0 fully saturated rings. The smallest absolute Gasteiger partial charge is 0.253 e. The Morgan fingerprint density at radius 3 is 2.58 bits per heavy atom. The lowest BCUT2D eigenvalue weighted by Gasteiger charge is -2.34. The molecule has 0 saturated carbocycles. The molecular weight excluding hydrogens is 444 g/mol. The fourth-order valence-corrected chi connectivity index (χ4v) is 5.31. The molecule has 4 aromatic carbocycles. The minimum Gasteiger partial charge on any atom is -0.489 e. The number of carbonyl (C=O) groups is 1. The monoisotopic (exact) mass is 478 g/mol. The van der Waals surface area contributed by atoms with Crippen LogP contribution in [0.1, 0.15) is 57.9 Å². The number of fused-ring (bicyclic) bond motifs is 2. The van der Waals surface area contributed by atoms with Gasteiger partial charge in [-0.1, -0.05) is 72.8 Å². The van der Waals surface area contributed by atoms with Gasteiger partial charge in [-0.2, -0.15) is 0 Å². The summed E-state index contributed by atoms with van der Waals surface area (Å²) in [6.45, 7) is 4.96. The van der Waals surface area contributed by atoms with Crippen LogP contribution in [0.2, 0.25) is 0 Å². The van der Waals surface area contributed by atoms with Crippen molar-refractivity contribution in [2.45, 2.75) is 38.3 Å². The second-order valence-electron chi connectivity index (χ2n) is 10.0. The number of carbonyl (C=O) groups excluding carboxylic acids is 1. The average Bonchev–Trinajstić information content (AvgIpc) is 2.90. The van der Waals surface area contributed by atoms with Crippen molar-refractivity contribution in [1.82, 2.24) is 10.2 Å². The maximum absolute atomic E-state index is 12.8. The predicted molar refractivity (Wildman–Crippen MR) is 147 cm³/mol. The van der Waals surface area contributed by atoms with Crippen molar-refractivity contribution < 1.29 is 9.53 Å². The maximum Gasteiger partial charge on any atom is 0.253 e. The third-order valence-corrected chi connectivity index (χ3v) is 7.33. The van der Waals surface area contributed by atoms with E-state index in [1.165, 1.54) is 21.9 Å². The van der Waals surface area contributed by atoms with E-state index in [9.17, 15) is 4.79 Å². The summed E-state index contributed by atoms with van der Waals surface area (Å²) in [5.74, 6) is 1.14.